The zero-order valence-electron chi connectivity index (χ0n) is 14.3. The van der Waals surface area contributed by atoms with Crippen LogP contribution in [0.2, 0.25) is 0 Å². The fourth-order valence-electron chi connectivity index (χ4n) is 2.51. The molecule has 0 bridgehead atoms. The van der Waals surface area contributed by atoms with Gasteiger partial charge in [0.1, 0.15) is 22.9 Å². The Morgan fingerprint density at radius 2 is 1.79 bits per heavy atom. The van der Waals surface area contributed by atoms with Crippen LogP contribution in [-0.4, -0.2) is 17.7 Å². The molecule has 2 aromatic carbocycles. The number of ether oxygens (including phenoxy) is 2. The van der Waals surface area contributed by atoms with Gasteiger partial charge in [0, 0.05) is 23.1 Å². The van der Waals surface area contributed by atoms with Crippen LogP contribution in [0.1, 0.15) is 20.8 Å². The van der Waals surface area contributed by atoms with E-state index in [1.54, 1.807) is 13.2 Å². The second-order valence-corrected chi connectivity index (χ2v) is 6.61. The third kappa shape index (κ3) is 3.48. The first-order valence-electron chi connectivity index (χ1n) is 7.79. The van der Waals surface area contributed by atoms with Crippen LogP contribution in [0.4, 0.5) is 4.39 Å². The minimum absolute atomic E-state index is 0.293. The highest BCUT2D eigenvalue weighted by molar-refractivity contribution is 5.89. The first kappa shape index (κ1) is 16.2. The number of benzene rings is 2. The summed E-state index contributed by atoms with van der Waals surface area (Å²) < 4.78 is 25.0. The summed E-state index contributed by atoms with van der Waals surface area (Å²) in [5.41, 5.74) is 1.76. The number of halogens is 1. The van der Waals surface area contributed by atoms with E-state index in [1.807, 2.05) is 51.1 Å². The SMILES string of the molecule is COc1ccc2c(OC(C)(C)C)cc(-c3cccc(F)c3)nc2c1. The van der Waals surface area contributed by atoms with Crippen molar-refractivity contribution in [2.45, 2.75) is 26.4 Å². The van der Waals surface area contributed by atoms with Crippen molar-refractivity contribution in [2.24, 2.45) is 0 Å². The molecule has 3 aromatic rings. The molecule has 0 aliphatic rings. The Kier molecular flexibility index (Phi) is 4.14. The number of rotatable bonds is 3. The van der Waals surface area contributed by atoms with Crippen LogP contribution in [0.15, 0.2) is 48.5 Å². The smallest absolute Gasteiger partial charge is 0.131 e. The highest BCUT2D eigenvalue weighted by Gasteiger charge is 2.16. The first-order chi connectivity index (χ1) is 11.4. The van der Waals surface area contributed by atoms with Crippen molar-refractivity contribution in [1.82, 2.24) is 4.98 Å². The molecule has 0 spiro atoms. The Morgan fingerprint density at radius 3 is 2.46 bits per heavy atom. The minimum atomic E-state index is -0.354. The largest absolute Gasteiger partial charge is 0.497 e. The molecule has 0 unspecified atom stereocenters. The Labute approximate surface area is 141 Å². The van der Waals surface area contributed by atoms with Crippen molar-refractivity contribution >= 4 is 10.9 Å². The molecular formula is C20H20FNO2. The van der Waals surface area contributed by atoms with Crippen molar-refractivity contribution in [1.29, 1.82) is 0 Å². The summed E-state index contributed by atoms with van der Waals surface area (Å²) >= 11 is 0. The van der Waals surface area contributed by atoms with E-state index in [0.29, 0.717) is 17.0 Å². The zero-order chi connectivity index (χ0) is 17.3. The molecule has 124 valence electrons. The average Bonchev–Trinajstić information content (AvgIpc) is 2.52. The Balaban J connectivity index is 2.23. The van der Waals surface area contributed by atoms with Crippen LogP contribution in [0.25, 0.3) is 22.2 Å². The van der Waals surface area contributed by atoms with E-state index in [-0.39, 0.29) is 11.4 Å². The van der Waals surface area contributed by atoms with Crippen molar-refractivity contribution in [3.8, 4) is 22.8 Å². The molecule has 0 saturated carbocycles. The average molecular weight is 325 g/mol. The molecular weight excluding hydrogens is 305 g/mol. The maximum Gasteiger partial charge on any atom is 0.131 e. The van der Waals surface area contributed by atoms with Gasteiger partial charge in [-0.2, -0.15) is 0 Å². The van der Waals surface area contributed by atoms with E-state index in [1.165, 1.54) is 12.1 Å². The molecule has 0 atom stereocenters. The van der Waals surface area contributed by atoms with Gasteiger partial charge < -0.3 is 9.47 Å². The summed E-state index contributed by atoms with van der Waals surface area (Å²) in [6.45, 7) is 5.97. The van der Waals surface area contributed by atoms with E-state index in [2.05, 4.69) is 4.98 Å². The van der Waals surface area contributed by atoms with Gasteiger partial charge >= 0.3 is 0 Å². The van der Waals surface area contributed by atoms with Gasteiger partial charge in [0.05, 0.1) is 18.3 Å². The minimum Gasteiger partial charge on any atom is -0.497 e. The second-order valence-electron chi connectivity index (χ2n) is 6.61. The fraction of sp³-hybridized carbons (Fsp3) is 0.250. The van der Waals surface area contributed by atoms with Crippen LogP contribution in [0, 0.1) is 5.82 Å². The van der Waals surface area contributed by atoms with Crippen molar-refractivity contribution < 1.29 is 13.9 Å². The highest BCUT2D eigenvalue weighted by Crippen LogP contribution is 2.34. The molecule has 1 aromatic heterocycles. The van der Waals surface area contributed by atoms with Crippen LogP contribution in [0.3, 0.4) is 0 Å². The van der Waals surface area contributed by atoms with Gasteiger partial charge in [-0.3, -0.25) is 0 Å². The van der Waals surface area contributed by atoms with E-state index in [0.717, 1.165) is 16.7 Å². The van der Waals surface area contributed by atoms with Gasteiger partial charge in [-0.15, -0.1) is 0 Å². The van der Waals surface area contributed by atoms with E-state index in [9.17, 15) is 4.39 Å². The summed E-state index contributed by atoms with van der Waals surface area (Å²) in [6.07, 6.45) is 0. The van der Waals surface area contributed by atoms with Crippen molar-refractivity contribution in [2.75, 3.05) is 7.11 Å². The molecule has 0 amide bonds. The summed E-state index contributed by atoms with van der Waals surface area (Å²) in [7, 11) is 1.62. The molecule has 24 heavy (non-hydrogen) atoms. The van der Waals surface area contributed by atoms with Gasteiger partial charge in [0.15, 0.2) is 0 Å². The third-order valence-corrected chi connectivity index (χ3v) is 3.52. The van der Waals surface area contributed by atoms with E-state index >= 15 is 0 Å². The molecule has 4 heteroatoms. The van der Waals surface area contributed by atoms with Crippen LogP contribution in [-0.2, 0) is 0 Å². The molecule has 0 saturated heterocycles. The lowest BCUT2D eigenvalue weighted by Gasteiger charge is -2.23. The lowest BCUT2D eigenvalue weighted by Crippen LogP contribution is -2.23. The van der Waals surface area contributed by atoms with Crippen LogP contribution in [0.5, 0.6) is 11.5 Å². The van der Waals surface area contributed by atoms with E-state index in [4.69, 9.17) is 9.47 Å². The molecule has 3 nitrogen and oxygen atoms in total. The summed E-state index contributed by atoms with van der Waals surface area (Å²) in [5.74, 6) is 1.14. The van der Waals surface area contributed by atoms with Gasteiger partial charge in [-0.1, -0.05) is 12.1 Å². The number of methoxy groups -OCH3 is 1. The first-order valence-corrected chi connectivity index (χ1v) is 7.79. The second kappa shape index (κ2) is 6.11. The van der Waals surface area contributed by atoms with Gasteiger partial charge in [-0.05, 0) is 45.0 Å². The van der Waals surface area contributed by atoms with E-state index < -0.39 is 0 Å². The standard InChI is InChI=1S/C20H20FNO2/c1-20(2,3)24-19-12-17(13-6-5-7-14(21)10-13)22-18-11-15(23-4)8-9-16(18)19/h5-12H,1-4H3. The quantitative estimate of drug-likeness (QED) is 0.661. The lowest BCUT2D eigenvalue weighted by atomic mass is 10.1. The van der Waals surface area contributed by atoms with Gasteiger partial charge in [0.2, 0.25) is 0 Å². The molecule has 0 aliphatic heterocycles. The number of aromatic nitrogens is 1. The number of fused-ring (bicyclic) bond motifs is 1. The van der Waals surface area contributed by atoms with Crippen molar-refractivity contribution in [3.63, 3.8) is 0 Å². The summed E-state index contributed by atoms with van der Waals surface area (Å²) in [5, 5.41) is 0.894. The predicted molar refractivity (Wildman–Crippen MR) is 94.1 cm³/mol. The van der Waals surface area contributed by atoms with Crippen LogP contribution < -0.4 is 9.47 Å². The maximum absolute atomic E-state index is 13.6. The maximum atomic E-state index is 13.6. The lowest BCUT2D eigenvalue weighted by molar-refractivity contribution is 0.133. The van der Waals surface area contributed by atoms with Crippen molar-refractivity contribution in [3.05, 3.63) is 54.3 Å². The molecule has 3 rings (SSSR count). The number of hydrogen-bond acceptors (Lipinski definition) is 3. The number of pyridine rings is 1. The molecule has 0 aliphatic carbocycles. The monoisotopic (exact) mass is 325 g/mol. The zero-order valence-corrected chi connectivity index (χ0v) is 14.3. The molecule has 0 radical (unpaired) electrons. The fourth-order valence-corrected chi connectivity index (χ4v) is 2.51. The van der Waals surface area contributed by atoms with Crippen LogP contribution >= 0.6 is 0 Å². The Morgan fingerprint density at radius 1 is 1.00 bits per heavy atom. The molecule has 0 fully saturated rings. The van der Waals surface area contributed by atoms with Gasteiger partial charge in [-0.25, -0.2) is 9.37 Å². The number of hydrogen-bond donors (Lipinski definition) is 0. The summed E-state index contributed by atoms with van der Waals surface area (Å²) in [4.78, 5) is 4.66. The van der Waals surface area contributed by atoms with Gasteiger partial charge in [0.25, 0.3) is 0 Å². The predicted octanol–water partition coefficient (Wildman–Crippen LogP) is 5.23. The normalized spacial score (nSPS) is 11.5. The Hall–Kier alpha value is -2.62. The number of nitrogens with zero attached hydrogens (tertiary/aromatic N) is 1. The molecule has 1 heterocycles. The summed E-state index contributed by atoms with van der Waals surface area (Å²) in [6, 6.07) is 13.9. The highest BCUT2D eigenvalue weighted by atomic mass is 19.1. The molecule has 0 N–H and O–H groups in total. The Bertz CT molecular complexity index is 884. The topological polar surface area (TPSA) is 31.4 Å². The third-order valence-electron chi connectivity index (χ3n) is 3.52.